The van der Waals surface area contributed by atoms with Crippen molar-refractivity contribution in [2.24, 2.45) is 9.98 Å². The summed E-state index contributed by atoms with van der Waals surface area (Å²) in [5.41, 5.74) is 0.696. The Morgan fingerprint density at radius 3 is 2.05 bits per heavy atom. The average molecular weight is 424 g/mol. The summed E-state index contributed by atoms with van der Waals surface area (Å²) in [5, 5.41) is 2.84. The molecule has 22 heavy (non-hydrogen) atoms. The van der Waals surface area contributed by atoms with Crippen molar-refractivity contribution >= 4 is 81.3 Å². The molecule has 0 unspecified atom stereocenters. The first-order valence-corrected chi connectivity index (χ1v) is 8.09. The lowest BCUT2D eigenvalue weighted by atomic mass is 10.2. The molecule has 1 heterocycles. The highest BCUT2D eigenvalue weighted by Crippen LogP contribution is 2.37. The van der Waals surface area contributed by atoms with Gasteiger partial charge in [0.05, 0.1) is 7.11 Å². The van der Waals surface area contributed by atoms with E-state index in [1.54, 1.807) is 31.4 Å². The number of nitrogens with zero attached hydrogens (tertiary/aromatic N) is 2. The van der Waals surface area contributed by atoms with Gasteiger partial charge in [0.15, 0.2) is 12.0 Å². The predicted octanol–water partition coefficient (Wildman–Crippen LogP) is 4.51. The summed E-state index contributed by atoms with van der Waals surface area (Å²) in [7, 11) is 1.57. The maximum atomic E-state index is 5.87. The van der Waals surface area contributed by atoms with E-state index in [9.17, 15) is 0 Å². The van der Waals surface area contributed by atoms with Crippen LogP contribution in [-0.2, 0) is 0 Å². The van der Waals surface area contributed by atoms with E-state index >= 15 is 0 Å². The summed E-state index contributed by atoms with van der Waals surface area (Å²) in [6, 6.07) is 7.04. The Balaban J connectivity index is 2.40. The Morgan fingerprint density at radius 2 is 1.59 bits per heavy atom. The van der Waals surface area contributed by atoms with Crippen LogP contribution in [0, 0.1) is 0 Å². The third-order valence-electron chi connectivity index (χ3n) is 2.66. The molecule has 0 spiro atoms. The van der Waals surface area contributed by atoms with Crippen molar-refractivity contribution in [1.29, 1.82) is 0 Å². The number of rotatable bonds is 2. The zero-order valence-corrected chi connectivity index (χ0v) is 15.5. The second-order valence-electron chi connectivity index (χ2n) is 4.22. The normalized spacial score (nSPS) is 19.1. The lowest BCUT2D eigenvalue weighted by Gasteiger charge is -2.28. The van der Waals surface area contributed by atoms with E-state index in [0.717, 1.165) is 0 Å². The van der Waals surface area contributed by atoms with Gasteiger partial charge in [-0.2, -0.15) is 0 Å². The van der Waals surface area contributed by atoms with E-state index in [0.29, 0.717) is 17.1 Å². The molecule has 0 amide bonds. The van der Waals surface area contributed by atoms with Crippen molar-refractivity contribution < 1.29 is 4.74 Å². The number of hydrogen-bond acceptors (Lipinski definition) is 4. The highest BCUT2D eigenvalue weighted by atomic mass is 35.6. The molecule has 120 valence electrons. The molecular formula is C12H9Cl6N3O. The van der Waals surface area contributed by atoms with Crippen molar-refractivity contribution in [1.82, 2.24) is 5.32 Å². The zero-order chi connectivity index (χ0) is 16.5. The largest absolute Gasteiger partial charge is 0.497 e. The second kappa shape index (κ2) is 6.80. The highest BCUT2D eigenvalue weighted by molar-refractivity contribution is 6.77. The zero-order valence-electron chi connectivity index (χ0n) is 11.0. The molecule has 0 bridgehead atoms. The highest BCUT2D eigenvalue weighted by Gasteiger charge is 2.39. The molecular weight excluding hydrogens is 415 g/mol. The molecule has 1 aromatic rings. The first-order valence-electron chi connectivity index (χ1n) is 5.82. The topological polar surface area (TPSA) is 46.0 Å². The molecule has 0 aliphatic carbocycles. The van der Waals surface area contributed by atoms with Gasteiger partial charge < -0.3 is 10.1 Å². The van der Waals surface area contributed by atoms with Gasteiger partial charge in [0.1, 0.15) is 11.6 Å². The van der Waals surface area contributed by atoms with Crippen LogP contribution in [0.3, 0.4) is 0 Å². The lowest BCUT2D eigenvalue weighted by molar-refractivity contribution is 0.415. The van der Waals surface area contributed by atoms with E-state index in [-0.39, 0.29) is 5.84 Å². The Hall–Kier alpha value is -0.100. The van der Waals surface area contributed by atoms with E-state index in [2.05, 4.69) is 15.3 Å². The number of amidine groups is 2. The van der Waals surface area contributed by atoms with E-state index in [4.69, 9.17) is 74.3 Å². The average Bonchev–Trinajstić information content (AvgIpc) is 2.45. The van der Waals surface area contributed by atoms with Crippen LogP contribution in [0.2, 0.25) is 0 Å². The van der Waals surface area contributed by atoms with Crippen molar-refractivity contribution in [3.05, 3.63) is 29.8 Å². The van der Waals surface area contributed by atoms with Crippen LogP contribution >= 0.6 is 69.6 Å². The van der Waals surface area contributed by atoms with Gasteiger partial charge >= 0.3 is 0 Å². The minimum atomic E-state index is -1.80. The number of hydrogen-bond donors (Lipinski definition) is 1. The minimum absolute atomic E-state index is 0.0228. The van der Waals surface area contributed by atoms with Crippen LogP contribution in [0.15, 0.2) is 34.3 Å². The van der Waals surface area contributed by atoms with Crippen molar-refractivity contribution in [3.63, 3.8) is 0 Å². The molecule has 0 aromatic heterocycles. The lowest BCUT2D eigenvalue weighted by Crippen LogP contribution is -2.46. The molecule has 10 heteroatoms. The summed E-state index contributed by atoms with van der Waals surface area (Å²) >= 11 is 35.2. The van der Waals surface area contributed by atoms with Gasteiger partial charge in [-0.15, -0.1) is 0 Å². The van der Waals surface area contributed by atoms with Crippen LogP contribution in [0.1, 0.15) is 5.56 Å². The van der Waals surface area contributed by atoms with Crippen LogP contribution in [0.25, 0.3) is 0 Å². The molecule has 0 radical (unpaired) electrons. The molecule has 0 saturated carbocycles. The smallest absolute Gasteiger partial charge is 0.247 e. The van der Waals surface area contributed by atoms with E-state index in [1.165, 1.54) is 0 Å². The monoisotopic (exact) mass is 421 g/mol. The van der Waals surface area contributed by atoms with Gasteiger partial charge in [0.2, 0.25) is 7.59 Å². The number of nitrogens with one attached hydrogen (secondary N) is 1. The van der Waals surface area contributed by atoms with Crippen molar-refractivity contribution in [2.45, 2.75) is 13.8 Å². The molecule has 1 aliphatic heterocycles. The third kappa shape index (κ3) is 4.47. The number of benzene rings is 1. The standard InChI is InChI=1S/C12H9Cl6N3O/c1-22-7-4-2-6(3-5-7)8-19-9(11(13,14)15)21-10(20-8)12(16,17)18/h2-5,9H,1H3,(H,19,20,21)/t9-/m0/s1. The minimum Gasteiger partial charge on any atom is -0.497 e. The van der Waals surface area contributed by atoms with Crippen LogP contribution < -0.4 is 10.1 Å². The molecule has 0 saturated heterocycles. The van der Waals surface area contributed by atoms with E-state index in [1.807, 2.05) is 0 Å². The summed E-state index contributed by atoms with van der Waals surface area (Å²) in [5.74, 6) is 1.08. The summed E-state index contributed by atoms with van der Waals surface area (Å²) in [6.45, 7) is 0. The maximum Gasteiger partial charge on any atom is 0.247 e. The molecule has 2 rings (SSSR count). The summed E-state index contributed by atoms with van der Waals surface area (Å²) in [6.07, 6.45) is -1.04. The van der Waals surface area contributed by atoms with Crippen LogP contribution in [-0.4, -0.2) is 32.5 Å². The predicted molar refractivity (Wildman–Crippen MR) is 94.5 cm³/mol. The van der Waals surface area contributed by atoms with Crippen LogP contribution in [0.5, 0.6) is 5.75 Å². The molecule has 1 aromatic carbocycles. The summed E-state index contributed by atoms with van der Waals surface area (Å²) < 4.78 is 1.52. The fourth-order valence-corrected chi connectivity index (χ4v) is 2.22. The molecule has 1 atom stereocenters. The second-order valence-corrected chi connectivity index (χ2v) is 8.87. The van der Waals surface area contributed by atoms with Gasteiger partial charge in [-0.1, -0.05) is 69.6 Å². The summed E-state index contributed by atoms with van der Waals surface area (Å²) in [4.78, 5) is 8.28. The number of alkyl halides is 6. The Labute approximate surface area is 157 Å². The van der Waals surface area contributed by atoms with Crippen LogP contribution in [0.4, 0.5) is 0 Å². The molecule has 0 fully saturated rings. The number of methoxy groups -OCH3 is 1. The fraction of sp³-hybridized carbons (Fsp3) is 0.333. The SMILES string of the molecule is COc1ccc(C2=N[C@H](C(Cl)(Cl)Cl)N=C(C(Cl)(Cl)Cl)N2)cc1. The Bertz CT molecular complexity index is 603. The molecule has 1 aliphatic rings. The van der Waals surface area contributed by atoms with Gasteiger partial charge in [-0.3, -0.25) is 0 Å². The quantitative estimate of drug-likeness (QED) is 0.711. The van der Waals surface area contributed by atoms with Gasteiger partial charge in [0.25, 0.3) is 0 Å². The van der Waals surface area contributed by atoms with Crippen molar-refractivity contribution in [3.8, 4) is 5.75 Å². The van der Waals surface area contributed by atoms with Crippen molar-refractivity contribution in [2.75, 3.05) is 7.11 Å². The fourth-order valence-electron chi connectivity index (χ4n) is 1.64. The molecule has 1 N–H and O–H groups in total. The first kappa shape index (κ1) is 18.2. The first-order chi connectivity index (χ1) is 10.1. The Morgan fingerprint density at radius 1 is 1.00 bits per heavy atom. The number of ether oxygens (including phenoxy) is 1. The van der Waals surface area contributed by atoms with Gasteiger partial charge in [0, 0.05) is 5.56 Å². The van der Waals surface area contributed by atoms with Gasteiger partial charge in [-0.05, 0) is 24.3 Å². The van der Waals surface area contributed by atoms with E-state index < -0.39 is 13.8 Å². The Kier molecular flexibility index (Phi) is 5.63. The third-order valence-corrected chi connectivity index (χ3v) is 3.79. The van der Waals surface area contributed by atoms with Gasteiger partial charge in [-0.25, -0.2) is 9.98 Å². The molecule has 4 nitrogen and oxygen atoms in total. The number of halogens is 6. The number of aliphatic imine (C=N–C) groups is 2. The maximum absolute atomic E-state index is 5.87.